The summed E-state index contributed by atoms with van der Waals surface area (Å²) < 4.78 is 0. The normalized spacial score (nSPS) is 28.0. The number of rotatable bonds is 5. The van der Waals surface area contributed by atoms with Crippen molar-refractivity contribution in [3.8, 4) is 0 Å². The van der Waals surface area contributed by atoms with Gasteiger partial charge in [-0.2, -0.15) is 0 Å². The second kappa shape index (κ2) is 7.66. The summed E-state index contributed by atoms with van der Waals surface area (Å²) in [5.74, 6) is 0.0570. The zero-order chi connectivity index (χ0) is 17.0. The fourth-order valence-corrected chi connectivity index (χ4v) is 4.06. The van der Waals surface area contributed by atoms with Crippen molar-refractivity contribution in [1.29, 1.82) is 0 Å². The van der Waals surface area contributed by atoms with Crippen LogP contribution in [0.15, 0.2) is 24.3 Å². The molecule has 0 spiro atoms. The number of nitrogens with two attached hydrogens (primary N) is 1. The van der Waals surface area contributed by atoms with Gasteiger partial charge in [0, 0.05) is 18.6 Å². The standard InChI is InChI=1S/C20H31N3O/c1-20(21)11-3-2-6-18(20)19(24)22-14-16-7-9-17(10-8-16)15-23-12-4-5-13-23/h7-10,18H,2-6,11-15,21H2,1H3,(H,22,24). The van der Waals surface area contributed by atoms with Crippen molar-refractivity contribution in [2.45, 2.75) is 64.1 Å². The quantitative estimate of drug-likeness (QED) is 0.873. The molecule has 1 aliphatic carbocycles. The van der Waals surface area contributed by atoms with Crippen LogP contribution in [0.5, 0.6) is 0 Å². The first-order valence-electron chi connectivity index (χ1n) is 9.41. The number of hydrogen-bond acceptors (Lipinski definition) is 3. The van der Waals surface area contributed by atoms with E-state index in [0.717, 1.165) is 37.8 Å². The average molecular weight is 329 g/mol. The Morgan fingerprint density at radius 3 is 2.50 bits per heavy atom. The number of carbonyl (C=O) groups is 1. The molecule has 2 fully saturated rings. The van der Waals surface area contributed by atoms with Crippen molar-refractivity contribution < 1.29 is 4.79 Å². The number of amides is 1. The molecule has 1 amide bonds. The maximum absolute atomic E-state index is 12.5. The molecule has 2 atom stereocenters. The molecule has 2 aliphatic rings. The topological polar surface area (TPSA) is 58.4 Å². The van der Waals surface area contributed by atoms with Crippen LogP contribution in [0.3, 0.4) is 0 Å². The maximum Gasteiger partial charge on any atom is 0.225 e. The first-order chi connectivity index (χ1) is 11.5. The third-order valence-electron chi connectivity index (χ3n) is 5.67. The minimum Gasteiger partial charge on any atom is -0.352 e. The highest BCUT2D eigenvalue weighted by molar-refractivity contribution is 5.80. The minimum atomic E-state index is -0.359. The van der Waals surface area contributed by atoms with E-state index in [0.29, 0.717) is 6.54 Å². The number of likely N-dealkylation sites (tertiary alicyclic amines) is 1. The van der Waals surface area contributed by atoms with Gasteiger partial charge >= 0.3 is 0 Å². The molecule has 2 unspecified atom stereocenters. The Bertz CT molecular complexity index is 547. The number of carbonyl (C=O) groups excluding carboxylic acids is 1. The number of hydrogen-bond donors (Lipinski definition) is 2. The van der Waals surface area contributed by atoms with Crippen LogP contribution < -0.4 is 11.1 Å². The van der Waals surface area contributed by atoms with Crippen LogP contribution in [0.1, 0.15) is 56.6 Å². The van der Waals surface area contributed by atoms with Crippen molar-refractivity contribution in [1.82, 2.24) is 10.2 Å². The van der Waals surface area contributed by atoms with Gasteiger partial charge < -0.3 is 11.1 Å². The summed E-state index contributed by atoms with van der Waals surface area (Å²) in [6.45, 7) is 6.09. The SMILES string of the molecule is CC1(N)CCCCC1C(=O)NCc1ccc(CN2CCCC2)cc1. The van der Waals surface area contributed by atoms with Gasteiger partial charge in [0.1, 0.15) is 0 Å². The molecule has 1 heterocycles. The van der Waals surface area contributed by atoms with Crippen LogP contribution in [-0.2, 0) is 17.9 Å². The smallest absolute Gasteiger partial charge is 0.225 e. The lowest BCUT2D eigenvalue weighted by molar-refractivity contribution is -0.128. The molecule has 3 rings (SSSR count). The highest BCUT2D eigenvalue weighted by atomic mass is 16.1. The van der Waals surface area contributed by atoms with Gasteiger partial charge in [0.25, 0.3) is 0 Å². The Hall–Kier alpha value is -1.39. The van der Waals surface area contributed by atoms with Crippen LogP contribution in [0.25, 0.3) is 0 Å². The lowest BCUT2D eigenvalue weighted by Crippen LogP contribution is -2.52. The first-order valence-corrected chi connectivity index (χ1v) is 9.41. The van der Waals surface area contributed by atoms with Crippen LogP contribution in [0.4, 0.5) is 0 Å². The molecule has 1 aromatic carbocycles. The average Bonchev–Trinajstić information content (AvgIpc) is 3.06. The summed E-state index contributed by atoms with van der Waals surface area (Å²) >= 11 is 0. The summed E-state index contributed by atoms with van der Waals surface area (Å²) in [4.78, 5) is 15.0. The van der Waals surface area contributed by atoms with E-state index in [1.807, 2.05) is 6.92 Å². The Morgan fingerprint density at radius 1 is 1.17 bits per heavy atom. The van der Waals surface area contributed by atoms with E-state index in [1.54, 1.807) is 0 Å². The van der Waals surface area contributed by atoms with Crippen molar-refractivity contribution in [3.05, 3.63) is 35.4 Å². The van der Waals surface area contributed by atoms with Gasteiger partial charge in [-0.1, -0.05) is 37.1 Å². The van der Waals surface area contributed by atoms with Crippen molar-refractivity contribution in [2.24, 2.45) is 11.7 Å². The number of nitrogens with one attached hydrogen (secondary N) is 1. The van der Waals surface area contributed by atoms with E-state index < -0.39 is 0 Å². The second-order valence-electron chi connectivity index (χ2n) is 7.82. The van der Waals surface area contributed by atoms with Crippen molar-refractivity contribution in [3.63, 3.8) is 0 Å². The molecule has 1 saturated carbocycles. The van der Waals surface area contributed by atoms with E-state index in [1.165, 1.54) is 31.5 Å². The van der Waals surface area contributed by atoms with Crippen molar-refractivity contribution >= 4 is 5.91 Å². The summed E-state index contributed by atoms with van der Waals surface area (Å²) in [5.41, 5.74) is 8.48. The summed E-state index contributed by atoms with van der Waals surface area (Å²) in [5, 5.41) is 3.09. The molecule has 1 aromatic rings. The Balaban J connectivity index is 1.49. The largest absolute Gasteiger partial charge is 0.352 e. The highest BCUT2D eigenvalue weighted by Crippen LogP contribution is 2.31. The van der Waals surface area contributed by atoms with Gasteiger partial charge in [-0.25, -0.2) is 0 Å². The van der Waals surface area contributed by atoms with E-state index in [-0.39, 0.29) is 17.4 Å². The lowest BCUT2D eigenvalue weighted by atomic mass is 9.74. The molecule has 1 saturated heterocycles. The summed E-state index contributed by atoms with van der Waals surface area (Å²) in [7, 11) is 0. The van der Waals surface area contributed by atoms with E-state index >= 15 is 0 Å². The Labute approximate surface area is 145 Å². The molecule has 1 aliphatic heterocycles. The Kier molecular flexibility index (Phi) is 5.57. The fourth-order valence-electron chi connectivity index (χ4n) is 4.06. The maximum atomic E-state index is 12.5. The molecule has 0 aromatic heterocycles. The molecule has 4 heteroatoms. The molecule has 132 valence electrons. The third kappa shape index (κ3) is 4.37. The molecule has 24 heavy (non-hydrogen) atoms. The lowest BCUT2D eigenvalue weighted by Gasteiger charge is -2.37. The molecule has 0 radical (unpaired) electrons. The van der Waals surface area contributed by atoms with E-state index in [9.17, 15) is 4.79 Å². The third-order valence-corrected chi connectivity index (χ3v) is 5.67. The number of nitrogens with zero attached hydrogens (tertiary/aromatic N) is 1. The van der Waals surface area contributed by atoms with Crippen LogP contribution in [-0.4, -0.2) is 29.4 Å². The van der Waals surface area contributed by atoms with Crippen LogP contribution in [0.2, 0.25) is 0 Å². The fraction of sp³-hybridized carbons (Fsp3) is 0.650. The summed E-state index contributed by atoms with van der Waals surface area (Å²) in [6.07, 6.45) is 6.74. The zero-order valence-corrected chi connectivity index (χ0v) is 14.9. The monoisotopic (exact) mass is 329 g/mol. The van der Waals surface area contributed by atoms with E-state index in [2.05, 4.69) is 34.5 Å². The second-order valence-corrected chi connectivity index (χ2v) is 7.82. The number of benzene rings is 1. The molecule has 3 N–H and O–H groups in total. The van der Waals surface area contributed by atoms with E-state index in [4.69, 9.17) is 5.73 Å². The van der Waals surface area contributed by atoms with Crippen LogP contribution in [0, 0.1) is 5.92 Å². The van der Waals surface area contributed by atoms with Gasteiger partial charge in [0.05, 0.1) is 5.92 Å². The first kappa shape index (κ1) is 17.4. The molecule has 0 bridgehead atoms. The Morgan fingerprint density at radius 2 is 1.83 bits per heavy atom. The van der Waals surface area contributed by atoms with Gasteiger partial charge in [0.2, 0.25) is 5.91 Å². The van der Waals surface area contributed by atoms with Gasteiger partial charge in [-0.3, -0.25) is 9.69 Å². The molecular formula is C20H31N3O. The van der Waals surface area contributed by atoms with Gasteiger partial charge in [0.15, 0.2) is 0 Å². The van der Waals surface area contributed by atoms with Crippen LogP contribution >= 0.6 is 0 Å². The highest BCUT2D eigenvalue weighted by Gasteiger charge is 2.37. The van der Waals surface area contributed by atoms with Gasteiger partial charge in [-0.05, 0) is 56.8 Å². The van der Waals surface area contributed by atoms with Crippen molar-refractivity contribution in [2.75, 3.05) is 13.1 Å². The predicted molar refractivity (Wildman–Crippen MR) is 97.4 cm³/mol. The minimum absolute atomic E-state index is 0.0549. The predicted octanol–water partition coefficient (Wildman–Crippen LogP) is 2.81. The molecular weight excluding hydrogens is 298 g/mol. The molecule has 4 nitrogen and oxygen atoms in total. The zero-order valence-electron chi connectivity index (χ0n) is 14.9. The van der Waals surface area contributed by atoms with Gasteiger partial charge in [-0.15, -0.1) is 0 Å². The summed E-state index contributed by atoms with van der Waals surface area (Å²) in [6, 6.07) is 8.64.